The van der Waals surface area contributed by atoms with Crippen molar-refractivity contribution in [3.05, 3.63) is 28.3 Å². The summed E-state index contributed by atoms with van der Waals surface area (Å²) < 4.78 is 32.0. The molecule has 0 saturated heterocycles. The maximum absolute atomic E-state index is 13.4. The minimum atomic E-state index is -3.63. The van der Waals surface area contributed by atoms with Gasteiger partial charge in [0.15, 0.2) is 0 Å². The van der Waals surface area contributed by atoms with Crippen LogP contribution in [0.5, 0.6) is 0 Å². The van der Waals surface area contributed by atoms with Gasteiger partial charge in [-0.25, -0.2) is 8.42 Å². The zero-order valence-corrected chi connectivity index (χ0v) is 17.8. The van der Waals surface area contributed by atoms with Crippen molar-refractivity contribution in [2.75, 3.05) is 6.54 Å². The van der Waals surface area contributed by atoms with Gasteiger partial charge in [0, 0.05) is 37.4 Å². The van der Waals surface area contributed by atoms with Crippen molar-refractivity contribution in [3.8, 4) is 0 Å². The summed E-state index contributed by atoms with van der Waals surface area (Å²) >= 11 is 0. The summed E-state index contributed by atoms with van der Waals surface area (Å²) in [7, 11) is -3.63. The van der Waals surface area contributed by atoms with E-state index in [1.165, 1.54) is 4.31 Å². The monoisotopic (exact) mass is 381 g/mol. The Labute approximate surface area is 157 Å². The lowest BCUT2D eigenvalue weighted by molar-refractivity contribution is 0.420. The molecule has 0 fully saturated rings. The first-order valence-corrected chi connectivity index (χ1v) is 10.7. The second-order valence-electron chi connectivity index (χ2n) is 6.62. The van der Waals surface area contributed by atoms with Crippen LogP contribution in [0.2, 0.25) is 0 Å². The third kappa shape index (κ3) is 3.57. The van der Waals surface area contributed by atoms with Crippen LogP contribution >= 0.6 is 0 Å². The van der Waals surface area contributed by atoms with Gasteiger partial charge in [0.1, 0.15) is 4.90 Å². The fraction of sp³-hybridized carbons (Fsp3) is 0.667. The fourth-order valence-electron chi connectivity index (χ4n) is 3.43. The highest BCUT2D eigenvalue weighted by molar-refractivity contribution is 7.89. The number of rotatable bonds is 8. The molecule has 0 unspecified atom stereocenters. The van der Waals surface area contributed by atoms with Crippen LogP contribution in [0, 0.1) is 27.7 Å². The lowest BCUT2D eigenvalue weighted by Crippen LogP contribution is -2.31. The highest BCUT2D eigenvalue weighted by atomic mass is 32.2. The van der Waals surface area contributed by atoms with E-state index < -0.39 is 10.0 Å². The second kappa shape index (κ2) is 7.92. The molecule has 0 spiro atoms. The Morgan fingerprint density at radius 2 is 1.54 bits per heavy atom. The lowest BCUT2D eigenvalue weighted by atomic mass is 10.2. The average molecular weight is 382 g/mol. The van der Waals surface area contributed by atoms with Crippen LogP contribution in [0.1, 0.15) is 55.5 Å². The Bertz CT molecular complexity index is 880. The Hall–Kier alpha value is -1.67. The second-order valence-corrected chi connectivity index (χ2v) is 8.49. The fourth-order valence-corrected chi connectivity index (χ4v) is 5.22. The summed E-state index contributed by atoms with van der Waals surface area (Å²) in [5.41, 5.74) is 4.16. The van der Waals surface area contributed by atoms with Crippen LogP contribution in [0.15, 0.2) is 4.90 Å². The van der Waals surface area contributed by atoms with Gasteiger partial charge in [0.05, 0.1) is 17.1 Å². The predicted octanol–water partition coefficient (Wildman–Crippen LogP) is 2.95. The first-order chi connectivity index (χ1) is 12.2. The maximum Gasteiger partial charge on any atom is 0.247 e. The lowest BCUT2D eigenvalue weighted by Gasteiger charge is -2.21. The van der Waals surface area contributed by atoms with Crippen molar-refractivity contribution in [2.45, 2.75) is 79.4 Å². The molecule has 0 aliphatic rings. The largest absolute Gasteiger partial charge is 0.270 e. The van der Waals surface area contributed by atoms with Gasteiger partial charge in [-0.15, -0.1) is 0 Å². The molecule has 0 aromatic carbocycles. The Morgan fingerprint density at radius 1 is 0.923 bits per heavy atom. The van der Waals surface area contributed by atoms with E-state index in [0.717, 1.165) is 36.5 Å². The molecule has 0 N–H and O–H groups in total. The van der Waals surface area contributed by atoms with Gasteiger partial charge in [-0.2, -0.15) is 14.5 Å². The predicted molar refractivity (Wildman–Crippen MR) is 103 cm³/mol. The molecule has 0 aliphatic carbocycles. The number of hydrogen-bond acceptors (Lipinski definition) is 4. The van der Waals surface area contributed by atoms with Gasteiger partial charge < -0.3 is 0 Å². The van der Waals surface area contributed by atoms with Gasteiger partial charge in [-0.05, 0) is 41.0 Å². The molecule has 0 aliphatic heterocycles. The molecule has 26 heavy (non-hydrogen) atoms. The molecular weight excluding hydrogens is 350 g/mol. The van der Waals surface area contributed by atoms with Crippen LogP contribution in [0.25, 0.3) is 0 Å². The summed E-state index contributed by atoms with van der Waals surface area (Å²) in [5, 5.41) is 8.95. The summed E-state index contributed by atoms with van der Waals surface area (Å²) in [4.78, 5) is 0.339. The molecule has 0 radical (unpaired) electrons. The zero-order chi connectivity index (χ0) is 19.6. The minimum absolute atomic E-state index is 0.328. The first kappa shape index (κ1) is 20.6. The van der Waals surface area contributed by atoms with E-state index in [2.05, 4.69) is 17.1 Å². The maximum atomic E-state index is 13.4. The van der Waals surface area contributed by atoms with E-state index in [4.69, 9.17) is 0 Å². The number of sulfonamides is 1. The van der Waals surface area contributed by atoms with E-state index in [1.807, 2.05) is 39.3 Å². The van der Waals surface area contributed by atoms with Gasteiger partial charge in [-0.1, -0.05) is 13.8 Å². The van der Waals surface area contributed by atoms with E-state index in [9.17, 15) is 8.42 Å². The molecule has 2 aromatic heterocycles. The molecule has 0 bridgehead atoms. The summed E-state index contributed by atoms with van der Waals surface area (Å²) in [6.07, 6.45) is 0.910. The SMILES string of the molecule is CCCn1nc(C)c(S(=O)(=O)N(CC)Cc2c(C)nn(CC)c2C)c1C. The minimum Gasteiger partial charge on any atom is -0.270 e. The Balaban J connectivity index is 2.46. The van der Waals surface area contributed by atoms with E-state index >= 15 is 0 Å². The van der Waals surface area contributed by atoms with Crippen LogP contribution in [0.4, 0.5) is 0 Å². The van der Waals surface area contributed by atoms with Crippen molar-refractivity contribution in [2.24, 2.45) is 0 Å². The highest BCUT2D eigenvalue weighted by Crippen LogP contribution is 2.26. The molecule has 0 amide bonds. The van der Waals surface area contributed by atoms with E-state index in [-0.39, 0.29) is 0 Å². The van der Waals surface area contributed by atoms with Crippen LogP contribution < -0.4 is 0 Å². The quantitative estimate of drug-likeness (QED) is 0.705. The first-order valence-electron chi connectivity index (χ1n) is 9.25. The third-order valence-corrected chi connectivity index (χ3v) is 7.04. The molecule has 8 heteroatoms. The topological polar surface area (TPSA) is 73.0 Å². The van der Waals surface area contributed by atoms with Crippen LogP contribution in [-0.2, 0) is 29.7 Å². The highest BCUT2D eigenvalue weighted by Gasteiger charge is 2.31. The van der Waals surface area contributed by atoms with Crippen molar-refractivity contribution in [3.63, 3.8) is 0 Å². The zero-order valence-electron chi connectivity index (χ0n) is 17.0. The third-order valence-electron chi connectivity index (χ3n) is 4.87. The van der Waals surface area contributed by atoms with Crippen molar-refractivity contribution in [1.29, 1.82) is 0 Å². The number of aromatic nitrogens is 4. The molecule has 2 rings (SSSR count). The number of nitrogens with zero attached hydrogens (tertiary/aromatic N) is 5. The smallest absolute Gasteiger partial charge is 0.247 e. The van der Waals surface area contributed by atoms with Gasteiger partial charge in [0.25, 0.3) is 0 Å². The Kier molecular flexibility index (Phi) is 6.29. The molecule has 0 saturated carbocycles. The summed E-state index contributed by atoms with van der Waals surface area (Å²) in [6.45, 7) is 15.7. The van der Waals surface area contributed by atoms with Gasteiger partial charge in [0.2, 0.25) is 10.0 Å². The molecule has 2 heterocycles. The number of hydrogen-bond donors (Lipinski definition) is 0. The van der Waals surface area contributed by atoms with E-state index in [1.54, 1.807) is 11.6 Å². The van der Waals surface area contributed by atoms with Gasteiger partial charge in [-0.3, -0.25) is 9.36 Å². The summed E-state index contributed by atoms with van der Waals surface area (Å²) in [6, 6.07) is 0. The molecule has 7 nitrogen and oxygen atoms in total. The Morgan fingerprint density at radius 3 is 2.04 bits per heavy atom. The molecule has 0 atom stereocenters. The van der Waals surface area contributed by atoms with E-state index in [0.29, 0.717) is 29.4 Å². The number of aryl methyl sites for hydroxylation is 4. The summed E-state index contributed by atoms with van der Waals surface area (Å²) in [5.74, 6) is 0. The average Bonchev–Trinajstić information content (AvgIpc) is 3.01. The van der Waals surface area contributed by atoms with Gasteiger partial charge >= 0.3 is 0 Å². The molecule has 2 aromatic rings. The van der Waals surface area contributed by atoms with Crippen LogP contribution in [0.3, 0.4) is 0 Å². The van der Waals surface area contributed by atoms with Crippen LogP contribution in [-0.4, -0.2) is 38.8 Å². The standard InChI is InChI=1S/C18H31N5O2S/c1-8-11-23-16(7)18(14(5)20-23)26(24,25)21(9-2)12-17-13(4)19-22(10-3)15(17)6/h8-12H2,1-7H3. The normalized spacial score (nSPS) is 12.3. The van der Waals surface area contributed by atoms with Crippen molar-refractivity contribution in [1.82, 2.24) is 23.9 Å². The van der Waals surface area contributed by atoms with Crippen molar-refractivity contribution < 1.29 is 8.42 Å². The van der Waals surface area contributed by atoms with Crippen molar-refractivity contribution >= 4 is 10.0 Å². The molecule has 146 valence electrons. The molecular formula is C18H31N5O2S.